The Morgan fingerprint density at radius 3 is 1.86 bits per heavy atom. The highest BCUT2D eigenvalue weighted by molar-refractivity contribution is 7.47. The molecule has 4 atom stereocenters. The van der Waals surface area contributed by atoms with Crippen LogP contribution in [0.3, 0.4) is 0 Å². The van der Waals surface area contributed by atoms with E-state index in [1.54, 1.807) is 6.08 Å². The first-order valence-electron chi connectivity index (χ1n) is 22.1. The summed E-state index contributed by atoms with van der Waals surface area (Å²) in [7, 11) is -4.65. The highest BCUT2D eigenvalue weighted by Gasteiger charge is 2.27. The maximum absolute atomic E-state index is 12.6. The zero-order valence-electron chi connectivity index (χ0n) is 35.8. The molecule has 11 nitrogen and oxygen atoms in total. The largest absolute Gasteiger partial charge is 0.472 e. The van der Waals surface area contributed by atoms with Crippen molar-refractivity contribution >= 4 is 19.8 Å². The van der Waals surface area contributed by atoms with Crippen molar-refractivity contribution in [3.8, 4) is 0 Å². The number of aliphatic hydroxyl groups is 3. The van der Waals surface area contributed by atoms with Crippen molar-refractivity contribution in [2.24, 2.45) is 5.92 Å². The molecule has 0 bridgehead atoms. The molecule has 0 aromatic rings. The minimum absolute atomic E-state index is 0.0762. The fraction of sp³-hybridized carbons (Fsp3) is 0.778. The van der Waals surface area contributed by atoms with E-state index in [0.29, 0.717) is 32.1 Å². The molecule has 0 aliphatic carbocycles. The average Bonchev–Trinajstić information content (AvgIpc) is 3.18. The van der Waals surface area contributed by atoms with Gasteiger partial charge in [-0.25, -0.2) is 4.57 Å². The van der Waals surface area contributed by atoms with Crippen LogP contribution in [-0.2, 0) is 32.7 Å². The van der Waals surface area contributed by atoms with Crippen molar-refractivity contribution in [2.45, 2.75) is 193 Å². The van der Waals surface area contributed by atoms with Crippen molar-refractivity contribution < 1.29 is 52.9 Å². The van der Waals surface area contributed by atoms with Crippen LogP contribution >= 0.6 is 7.82 Å². The van der Waals surface area contributed by atoms with Crippen molar-refractivity contribution in [3.63, 3.8) is 0 Å². The molecular weight excluding hydrogens is 747 g/mol. The molecule has 0 saturated heterocycles. The molecule has 0 spiro atoms. The van der Waals surface area contributed by atoms with Crippen LogP contribution in [0.15, 0.2) is 48.6 Å². The first-order valence-corrected chi connectivity index (χ1v) is 23.6. The van der Waals surface area contributed by atoms with Gasteiger partial charge in [0.05, 0.1) is 25.9 Å². The molecular formula is C45H81O11P. The van der Waals surface area contributed by atoms with E-state index in [-0.39, 0.29) is 19.4 Å². The van der Waals surface area contributed by atoms with Crippen LogP contribution < -0.4 is 0 Å². The monoisotopic (exact) mass is 829 g/mol. The smallest absolute Gasteiger partial charge is 0.462 e. The third-order valence-electron chi connectivity index (χ3n) is 9.24. The summed E-state index contributed by atoms with van der Waals surface area (Å²) in [5.74, 6) is -0.218. The summed E-state index contributed by atoms with van der Waals surface area (Å²) < 4.78 is 32.6. The lowest BCUT2D eigenvalue weighted by atomic mass is 10.0. The summed E-state index contributed by atoms with van der Waals surface area (Å²) in [4.78, 5) is 35.0. The first kappa shape index (κ1) is 54.9. The molecule has 4 N–H and O–H groups in total. The van der Waals surface area contributed by atoms with Crippen LogP contribution in [-0.4, -0.2) is 76.9 Å². The van der Waals surface area contributed by atoms with Gasteiger partial charge < -0.3 is 29.7 Å². The summed E-state index contributed by atoms with van der Waals surface area (Å²) in [6, 6.07) is 0. The number of carbonyl (C=O) groups is 2. The van der Waals surface area contributed by atoms with Crippen LogP contribution in [0, 0.1) is 5.92 Å². The van der Waals surface area contributed by atoms with Gasteiger partial charge in [0.2, 0.25) is 0 Å². The minimum Gasteiger partial charge on any atom is -0.462 e. The Kier molecular flexibility index (Phi) is 37.9. The molecule has 0 fully saturated rings. The van der Waals surface area contributed by atoms with E-state index in [1.807, 2.05) is 36.5 Å². The summed E-state index contributed by atoms with van der Waals surface area (Å²) in [6.45, 7) is 4.53. The third kappa shape index (κ3) is 40.5. The SMILES string of the molecule is CCCCC/C=C\C[C@H](O)/C=C/C=C\C/C=C\CCCC(=O)O[C@H](COC(=O)CCCCCCCCCCCCCCCC(C)C)COP(=O)(O)OC[C@@H](O)CO. The fourth-order valence-corrected chi connectivity index (χ4v) is 6.57. The van der Waals surface area contributed by atoms with Gasteiger partial charge in [0, 0.05) is 12.8 Å². The van der Waals surface area contributed by atoms with Crippen molar-refractivity contribution in [3.05, 3.63) is 48.6 Å². The van der Waals surface area contributed by atoms with Gasteiger partial charge in [0.1, 0.15) is 12.7 Å². The fourth-order valence-electron chi connectivity index (χ4n) is 5.78. The number of esters is 2. The zero-order chi connectivity index (χ0) is 42.2. The Bertz CT molecular complexity index is 1120. The van der Waals surface area contributed by atoms with Crippen LogP contribution in [0.4, 0.5) is 0 Å². The predicted molar refractivity (Wildman–Crippen MR) is 230 cm³/mol. The molecule has 0 aromatic heterocycles. The lowest BCUT2D eigenvalue weighted by Gasteiger charge is -2.20. The maximum Gasteiger partial charge on any atom is 0.472 e. The number of rotatable bonds is 40. The quantitative estimate of drug-likeness (QED) is 0.0152. The third-order valence-corrected chi connectivity index (χ3v) is 10.2. The van der Waals surface area contributed by atoms with Crippen molar-refractivity contribution in [2.75, 3.05) is 26.4 Å². The van der Waals surface area contributed by atoms with Crippen LogP contribution in [0.2, 0.25) is 0 Å². The molecule has 0 saturated carbocycles. The molecule has 0 heterocycles. The van der Waals surface area contributed by atoms with Crippen LogP contribution in [0.25, 0.3) is 0 Å². The Balaban J connectivity index is 4.44. The van der Waals surface area contributed by atoms with Gasteiger partial charge in [-0.05, 0) is 50.9 Å². The Hall–Kier alpha value is -2.11. The number of aliphatic hydroxyl groups excluding tert-OH is 3. The number of phosphoric ester groups is 1. The molecule has 0 radical (unpaired) electrons. The zero-order valence-corrected chi connectivity index (χ0v) is 36.7. The number of phosphoric acid groups is 1. The number of carbonyl (C=O) groups excluding carboxylic acids is 2. The molecule has 57 heavy (non-hydrogen) atoms. The Labute approximate surface area is 346 Å². The molecule has 0 aromatic carbocycles. The van der Waals surface area contributed by atoms with E-state index < -0.39 is 57.9 Å². The molecule has 0 rings (SSSR count). The predicted octanol–water partition coefficient (Wildman–Crippen LogP) is 10.6. The maximum atomic E-state index is 12.6. The normalized spacial score (nSPS) is 14.9. The van der Waals surface area contributed by atoms with E-state index in [4.69, 9.17) is 19.1 Å². The van der Waals surface area contributed by atoms with E-state index >= 15 is 0 Å². The molecule has 0 amide bonds. The molecule has 0 aliphatic heterocycles. The number of hydrogen-bond acceptors (Lipinski definition) is 10. The van der Waals surface area contributed by atoms with Gasteiger partial charge >= 0.3 is 19.8 Å². The second kappa shape index (κ2) is 39.4. The van der Waals surface area contributed by atoms with E-state index in [2.05, 4.69) is 31.4 Å². The highest BCUT2D eigenvalue weighted by atomic mass is 31.2. The molecule has 0 aliphatic rings. The molecule has 332 valence electrons. The van der Waals surface area contributed by atoms with Gasteiger partial charge in [-0.1, -0.05) is 166 Å². The highest BCUT2D eigenvalue weighted by Crippen LogP contribution is 2.43. The lowest BCUT2D eigenvalue weighted by Crippen LogP contribution is -2.29. The number of unbranched alkanes of at least 4 members (excludes halogenated alkanes) is 16. The number of allylic oxidation sites excluding steroid dienone is 6. The van der Waals surface area contributed by atoms with Gasteiger partial charge in [-0.2, -0.15) is 0 Å². The lowest BCUT2D eigenvalue weighted by molar-refractivity contribution is -0.161. The van der Waals surface area contributed by atoms with Crippen molar-refractivity contribution in [1.82, 2.24) is 0 Å². The Morgan fingerprint density at radius 2 is 1.23 bits per heavy atom. The van der Waals surface area contributed by atoms with Crippen LogP contribution in [0.5, 0.6) is 0 Å². The van der Waals surface area contributed by atoms with Gasteiger partial charge in [0.15, 0.2) is 6.10 Å². The number of hydrogen-bond donors (Lipinski definition) is 4. The van der Waals surface area contributed by atoms with E-state index in [9.17, 15) is 29.3 Å². The van der Waals surface area contributed by atoms with Crippen LogP contribution in [0.1, 0.15) is 175 Å². The standard InChI is InChI=1S/C45H81O11P/c1-4-5-6-7-22-27-32-41(47)33-28-23-18-15-16-20-25-30-35-45(50)56-43(39-55-57(51,52)54-37-42(48)36-46)38-53-44(49)34-29-24-19-14-12-10-8-9-11-13-17-21-26-31-40(2)3/h16,18,20,22-23,27-28,33,40-43,46-48H,4-15,17,19,21,24-26,29-32,34-39H2,1-3H3,(H,51,52)/b20-16-,23-18-,27-22-,33-28+/t41-,42-,43+/m0/s1. The summed E-state index contributed by atoms with van der Waals surface area (Å²) in [6.07, 6.45) is 36.9. The topological polar surface area (TPSA) is 169 Å². The summed E-state index contributed by atoms with van der Waals surface area (Å²) in [5.41, 5.74) is 0. The van der Waals surface area contributed by atoms with Gasteiger partial charge in [0.25, 0.3) is 0 Å². The second-order valence-corrected chi connectivity index (χ2v) is 16.9. The van der Waals surface area contributed by atoms with Gasteiger partial charge in [-0.15, -0.1) is 0 Å². The summed E-state index contributed by atoms with van der Waals surface area (Å²) >= 11 is 0. The Morgan fingerprint density at radius 1 is 0.649 bits per heavy atom. The van der Waals surface area contributed by atoms with E-state index in [1.165, 1.54) is 83.5 Å². The summed E-state index contributed by atoms with van der Waals surface area (Å²) in [5, 5.41) is 28.4. The molecule has 12 heteroatoms. The van der Waals surface area contributed by atoms with Crippen molar-refractivity contribution in [1.29, 1.82) is 0 Å². The second-order valence-electron chi connectivity index (χ2n) is 15.4. The van der Waals surface area contributed by atoms with E-state index in [0.717, 1.165) is 31.6 Å². The minimum atomic E-state index is -4.65. The van der Waals surface area contributed by atoms with Gasteiger partial charge in [-0.3, -0.25) is 18.6 Å². The average molecular weight is 829 g/mol. The first-order chi connectivity index (χ1) is 27.5. The molecule has 1 unspecified atom stereocenters. The number of ether oxygens (including phenoxy) is 2.